The average molecular weight is 230 g/mol. The summed E-state index contributed by atoms with van der Waals surface area (Å²) in [6.45, 7) is 0. The van der Waals surface area contributed by atoms with Gasteiger partial charge in [-0.1, -0.05) is 0 Å². The molecule has 84 valence electrons. The largest absolute Gasteiger partial charge is 0.384 e. The summed E-state index contributed by atoms with van der Waals surface area (Å²) in [5.74, 6) is 0.256. The fourth-order valence-electron chi connectivity index (χ4n) is 1.54. The number of rotatable bonds is 1. The highest BCUT2D eigenvalue weighted by Crippen LogP contribution is 2.22. The second-order valence-electron chi connectivity index (χ2n) is 3.43. The molecule has 0 saturated carbocycles. The summed E-state index contributed by atoms with van der Waals surface area (Å²) in [5, 5.41) is 7.19. The molecule has 17 heavy (non-hydrogen) atoms. The first kappa shape index (κ1) is 9.64. The summed E-state index contributed by atoms with van der Waals surface area (Å²) < 4.78 is 13.1. The molecule has 0 unspecified atom stereocenters. The van der Waals surface area contributed by atoms with Gasteiger partial charge in [0.1, 0.15) is 17.3 Å². The number of halogens is 1. The van der Waals surface area contributed by atoms with Crippen molar-refractivity contribution in [2.75, 3.05) is 5.73 Å². The van der Waals surface area contributed by atoms with Crippen LogP contribution in [0.5, 0.6) is 0 Å². The van der Waals surface area contributed by atoms with E-state index >= 15 is 0 Å². The van der Waals surface area contributed by atoms with Gasteiger partial charge in [0, 0.05) is 6.20 Å². The molecule has 0 aliphatic heterocycles. The Hall–Kier alpha value is -2.57. The first-order valence-electron chi connectivity index (χ1n) is 4.82. The highest BCUT2D eigenvalue weighted by Gasteiger charge is 2.11. The molecule has 7 heteroatoms. The molecule has 0 radical (unpaired) electrons. The minimum Gasteiger partial charge on any atom is -0.384 e. The molecule has 0 saturated heterocycles. The van der Waals surface area contributed by atoms with Crippen molar-refractivity contribution in [1.29, 1.82) is 0 Å². The molecule has 0 aromatic carbocycles. The second-order valence-corrected chi connectivity index (χ2v) is 3.43. The van der Waals surface area contributed by atoms with Crippen molar-refractivity contribution in [3.8, 4) is 11.5 Å². The topological polar surface area (TPSA) is 93.4 Å². The monoisotopic (exact) mass is 230 g/mol. The number of hydrogen-bond acceptors (Lipinski definition) is 5. The standard InChI is InChI=1S/C10H7FN6/c11-5-3-6-8(16-17-9(6)14-4-5)10-13-2-1-7(12)15-10/h1-4H,(H2,12,13,15)(H,14,16,17). The van der Waals surface area contributed by atoms with Gasteiger partial charge in [0.2, 0.25) is 0 Å². The molecular formula is C10H7FN6. The van der Waals surface area contributed by atoms with Crippen LogP contribution in [0.25, 0.3) is 22.6 Å². The van der Waals surface area contributed by atoms with Crippen molar-refractivity contribution in [2.45, 2.75) is 0 Å². The number of hydrogen-bond donors (Lipinski definition) is 2. The third-order valence-electron chi connectivity index (χ3n) is 2.28. The van der Waals surface area contributed by atoms with Gasteiger partial charge in [0.05, 0.1) is 11.6 Å². The number of anilines is 1. The van der Waals surface area contributed by atoms with Crippen LogP contribution in [0, 0.1) is 5.82 Å². The Bertz CT molecular complexity index is 692. The SMILES string of the molecule is Nc1ccnc(-c2[nH]nc3ncc(F)cc23)n1. The van der Waals surface area contributed by atoms with Gasteiger partial charge < -0.3 is 5.73 Å². The molecule has 0 aliphatic carbocycles. The number of pyridine rings is 1. The Balaban J connectivity index is 2.27. The van der Waals surface area contributed by atoms with Gasteiger partial charge in [-0.3, -0.25) is 5.10 Å². The van der Waals surface area contributed by atoms with Crippen LogP contribution in [0.15, 0.2) is 24.5 Å². The van der Waals surface area contributed by atoms with E-state index in [4.69, 9.17) is 5.73 Å². The number of nitrogens with one attached hydrogen (secondary N) is 1. The highest BCUT2D eigenvalue weighted by atomic mass is 19.1. The number of nitrogen functional groups attached to an aromatic ring is 1. The molecule has 0 fully saturated rings. The predicted octanol–water partition coefficient (Wildman–Crippen LogP) is 1.14. The zero-order chi connectivity index (χ0) is 11.8. The highest BCUT2D eigenvalue weighted by molar-refractivity contribution is 5.88. The molecule has 0 aliphatic rings. The van der Waals surface area contributed by atoms with Crippen LogP contribution in [0.3, 0.4) is 0 Å². The summed E-state index contributed by atoms with van der Waals surface area (Å²) in [7, 11) is 0. The van der Waals surface area contributed by atoms with Crippen molar-refractivity contribution in [1.82, 2.24) is 25.1 Å². The zero-order valence-corrected chi connectivity index (χ0v) is 8.55. The average Bonchev–Trinajstić information content (AvgIpc) is 2.71. The van der Waals surface area contributed by atoms with Crippen LogP contribution in [0.1, 0.15) is 0 Å². The molecule has 0 amide bonds. The Morgan fingerprint density at radius 2 is 2.18 bits per heavy atom. The van der Waals surface area contributed by atoms with Gasteiger partial charge in [-0.15, -0.1) is 0 Å². The van der Waals surface area contributed by atoms with E-state index in [9.17, 15) is 4.39 Å². The number of nitrogens with zero attached hydrogens (tertiary/aromatic N) is 4. The van der Waals surface area contributed by atoms with Gasteiger partial charge in [-0.2, -0.15) is 5.10 Å². The van der Waals surface area contributed by atoms with E-state index in [1.807, 2.05) is 0 Å². The summed E-state index contributed by atoms with van der Waals surface area (Å²) in [6, 6.07) is 2.90. The lowest BCUT2D eigenvalue weighted by atomic mass is 10.2. The third-order valence-corrected chi connectivity index (χ3v) is 2.28. The first-order chi connectivity index (χ1) is 8.24. The molecule has 3 aromatic heterocycles. The van der Waals surface area contributed by atoms with Crippen molar-refractivity contribution < 1.29 is 4.39 Å². The van der Waals surface area contributed by atoms with E-state index in [1.54, 1.807) is 6.07 Å². The van der Waals surface area contributed by atoms with Crippen molar-refractivity contribution in [3.63, 3.8) is 0 Å². The molecule has 0 spiro atoms. The fourth-order valence-corrected chi connectivity index (χ4v) is 1.54. The number of aromatic nitrogens is 5. The maximum absolute atomic E-state index is 13.1. The van der Waals surface area contributed by atoms with Gasteiger partial charge in [0.15, 0.2) is 11.5 Å². The van der Waals surface area contributed by atoms with Crippen molar-refractivity contribution >= 4 is 16.9 Å². The molecule has 3 heterocycles. The molecule has 3 rings (SSSR count). The van der Waals surface area contributed by atoms with E-state index in [0.717, 1.165) is 6.20 Å². The van der Waals surface area contributed by atoms with Crippen LogP contribution in [0.2, 0.25) is 0 Å². The summed E-state index contributed by atoms with van der Waals surface area (Å²) >= 11 is 0. The molecule has 6 nitrogen and oxygen atoms in total. The molecule has 0 atom stereocenters. The summed E-state index contributed by atoms with van der Waals surface area (Å²) in [4.78, 5) is 11.9. The van der Waals surface area contributed by atoms with Crippen LogP contribution >= 0.6 is 0 Å². The molecule has 3 N–H and O–H groups in total. The molecular weight excluding hydrogens is 223 g/mol. The number of nitrogens with two attached hydrogens (primary N) is 1. The number of fused-ring (bicyclic) bond motifs is 1. The van der Waals surface area contributed by atoms with Crippen LogP contribution in [-0.2, 0) is 0 Å². The van der Waals surface area contributed by atoms with Gasteiger partial charge in [-0.25, -0.2) is 19.3 Å². The van der Waals surface area contributed by atoms with Crippen LogP contribution < -0.4 is 5.73 Å². The van der Waals surface area contributed by atoms with Crippen molar-refractivity contribution in [2.24, 2.45) is 0 Å². The minimum absolute atomic E-state index is 0.335. The van der Waals surface area contributed by atoms with Crippen LogP contribution in [0.4, 0.5) is 10.2 Å². The molecule has 3 aromatic rings. The van der Waals surface area contributed by atoms with E-state index in [0.29, 0.717) is 28.4 Å². The number of H-pyrrole nitrogens is 1. The van der Waals surface area contributed by atoms with Crippen LogP contribution in [-0.4, -0.2) is 25.1 Å². The van der Waals surface area contributed by atoms with Gasteiger partial charge >= 0.3 is 0 Å². The Kier molecular flexibility index (Phi) is 1.97. The maximum atomic E-state index is 13.1. The first-order valence-corrected chi connectivity index (χ1v) is 4.82. The van der Waals surface area contributed by atoms with E-state index in [-0.39, 0.29) is 0 Å². The van der Waals surface area contributed by atoms with E-state index in [1.165, 1.54) is 12.3 Å². The molecule has 0 bridgehead atoms. The minimum atomic E-state index is -0.441. The smallest absolute Gasteiger partial charge is 0.181 e. The lowest BCUT2D eigenvalue weighted by molar-refractivity contribution is 0.624. The number of aromatic amines is 1. The third kappa shape index (κ3) is 1.57. The lowest BCUT2D eigenvalue weighted by Gasteiger charge is -1.97. The van der Waals surface area contributed by atoms with Gasteiger partial charge in [0.25, 0.3) is 0 Å². The normalized spacial score (nSPS) is 10.9. The second kappa shape index (κ2) is 3.48. The Labute approximate surface area is 94.7 Å². The summed E-state index contributed by atoms with van der Waals surface area (Å²) in [6.07, 6.45) is 2.63. The maximum Gasteiger partial charge on any atom is 0.181 e. The Morgan fingerprint density at radius 1 is 1.29 bits per heavy atom. The predicted molar refractivity (Wildman–Crippen MR) is 59.3 cm³/mol. The fraction of sp³-hybridized carbons (Fsp3) is 0. The zero-order valence-electron chi connectivity index (χ0n) is 8.55. The summed E-state index contributed by atoms with van der Waals surface area (Å²) in [5.41, 5.74) is 6.47. The Morgan fingerprint density at radius 3 is 3.00 bits per heavy atom. The van der Waals surface area contributed by atoms with Gasteiger partial charge in [-0.05, 0) is 12.1 Å². The quantitative estimate of drug-likeness (QED) is 0.653. The van der Waals surface area contributed by atoms with E-state index in [2.05, 4.69) is 25.1 Å². The van der Waals surface area contributed by atoms with E-state index < -0.39 is 5.82 Å². The lowest BCUT2D eigenvalue weighted by Crippen LogP contribution is -1.95. The van der Waals surface area contributed by atoms with Crippen molar-refractivity contribution in [3.05, 3.63) is 30.3 Å².